The van der Waals surface area contributed by atoms with Crippen LogP contribution in [-0.2, 0) is 25.7 Å². The predicted molar refractivity (Wildman–Crippen MR) is 124 cm³/mol. The first-order chi connectivity index (χ1) is 13.3. The van der Waals surface area contributed by atoms with E-state index in [9.17, 15) is 0 Å². The molecule has 0 heterocycles. The van der Waals surface area contributed by atoms with E-state index in [4.69, 9.17) is 0 Å². The van der Waals surface area contributed by atoms with Crippen LogP contribution in [0.25, 0.3) is 0 Å². The molecule has 0 atom stereocenters. The van der Waals surface area contributed by atoms with Gasteiger partial charge in [0.05, 0.1) is 0 Å². The first-order valence-electron chi connectivity index (χ1n) is 12.4. The van der Waals surface area contributed by atoms with Gasteiger partial charge in [-0.05, 0) is 67.2 Å². The van der Waals surface area contributed by atoms with E-state index in [1.54, 1.807) is 22.3 Å². The van der Waals surface area contributed by atoms with Crippen LogP contribution in [0.15, 0.2) is 12.1 Å². The molecule has 0 aliphatic heterocycles. The van der Waals surface area contributed by atoms with Gasteiger partial charge in [0.2, 0.25) is 0 Å². The minimum absolute atomic E-state index is 1.25. The van der Waals surface area contributed by atoms with Crippen molar-refractivity contribution in [2.75, 3.05) is 0 Å². The number of aryl methyl sites for hydroxylation is 3. The van der Waals surface area contributed by atoms with Crippen molar-refractivity contribution in [3.63, 3.8) is 0 Å². The molecule has 0 aliphatic rings. The Balaban J connectivity index is 2.94. The van der Waals surface area contributed by atoms with Crippen molar-refractivity contribution in [3.8, 4) is 0 Å². The van der Waals surface area contributed by atoms with Crippen LogP contribution in [0.4, 0.5) is 0 Å². The summed E-state index contributed by atoms with van der Waals surface area (Å²) in [5, 5.41) is 0. The monoisotopic (exact) mass is 372 g/mol. The minimum Gasteiger partial charge on any atom is -0.0654 e. The Hall–Kier alpha value is -0.780. The Labute approximate surface area is 171 Å². The largest absolute Gasteiger partial charge is 0.0654 e. The zero-order valence-corrected chi connectivity index (χ0v) is 19.2. The van der Waals surface area contributed by atoms with Crippen molar-refractivity contribution in [1.29, 1.82) is 0 Å². The van der Waals surface area contributed by atoms with Gasteiger partial charge in [0, 0.05) is 0 Å². The number of benzene rings is 1. The quantitative estimate of drug-likeness (QED) is 0.239. The van der Waals surface area contributed by atoms with Crippen LogP contribution < -0.4 is 0 Å². The van der Waals surface area contributed by atoms with E-state index in [0.29, 0.717) is 0 Å². The summed E-state index contributed by atoms with van der Waals surface area (Å²) >= 11 is 0. The molecule has 0 radical (unpaired) electrons. The van der Waals surface area contributed by atoms with Gasteiger partial charge in [-0.15, -0.1) is 0 Å². The van der Waals surface area contributed by atoms with Crippen LogP contribution in [0.1, 0.15) is 133 Å². The van der Waals surface area contributed by atoms with Crippen LogP contribution in [0.5, 0.6) is 0 Å². The van der Waals surface area contributed by atoms with Crippen molar-refractivity contribution in [3.05, 3.63) is 34.4 Å². The van der Waals surface area contributed by atoms with Crippen LogP contribution >= 0.6 is 0 Å². The Bertz CT molecular complexity index is 438. The molecule has 0 nitrogen and oxygen atoms in total. The highest BCUT2D eigenvalue weighted by Crippen LogP contribution is 2.25. The van der Waals surface area contributed by atoms with Crippen LogP contribution in [0.2, 0.25) is 0 Å². The fourth-order valence-electron chi connectivity index (χ4n) is 4.28. The fraction of sp³-hybridized carbons (Fsp3) is 0.778. The maximum Gasteiger partial charge on any atom is -0.0273 e. The van der Waals surface area contributed by atoms with Crippen molar-refractivity contribution in [1.82, 2.24) is 0 Å². The molecule has 0 saturated carbocycles. The Kier molecular flexibility index (Phi) is 14.6. The van der Waals surface area contributed by atoms with E-state index in [1.807, 2.05) is 0 Å². The van der Waals surface area contributed by atoms with E-state index >= 15 is 0 Å². The smallest absolute Gasteiger partial charge is 0.0273 e. The van der Waals surface area contributed by atoms with E-state index in [2.05, 4.69) is 39.8 Å². The molecule has 0 N–H and O–H groups in total. The lowest BCUT2D eigenvalue weighted by atomic mass is 9.87. The summed E-state index contributed by atoms with van der Waals surface area (Å²) in [6, 6.07) is 5.17. The molecule has 0 heteroatoms. The molecule has 0 bridgehead atoms. The molecular formula is C27H48. The summed E-state index contributed by atoms with van der Waals surface area (Å²) in [6.45, 7) is 9.27. The molecule has 1 rings (SSSR count). The topological polar surface area (TPSA) is 0 Å². The van der Waals surface area contributed by atoms with Crippen LogP contribution in [0.3, 0.4) is 0 Å². The van der Waals surface area contributed by atoms with Crippen molar-refractivity contribution in [2.24, 2.45) is 0 Å². The molecule has 0 amide bonds. The lowest BCUT2D eigenvalue weighted by Crippen LogP contribution is -2.04. The molecule has 0 spiro atoms. The SMILES string of the molecule is CCCCCCc1cc(CCC)cc(CCCCCC)c1CCCCCC. The number of hydrogen-bond donors (Lipinski definition) is 0. The third-order valence-corrected chi connectivity index (χ3v) is 5.91. The van der Waals surface area contributed by atoms with Crippen LogP contribution in [0, 0.1) is 0 Å². The number of unbranched alkanes of at least 4 members (excludes halogenated alkanes) is 9. The van der Waals surface area contributed by atoms with Crippen molar-refractivity contribution < 1.29 is 0 Å². The molecule has 1 aromatic carbocycles. The summed E-state index contributed by atoms with van der Waals surface area (Å²) in [5.41, 5.74) is 6.77. The standard InChI is InChI=1S/C27H48/c1-5-9-12-15-19-25-22-24(18-8-4)23-26(20-16-13-10-6-2)27(25)21-17-14-11-7-3/h22-23H,5-21H2,1-4H3. The molecule has 156 valence electrons. The van der Waals surface area contributed by atoms with Gasteiger partial charge < -0.3 is 0 Å². The Morgan fingerprint density at radius 1 is 0.444 bits per heavy atom. The second-order valence-electron chi connectivity index (χ2n) is 8.57. The average Bonchev–Trinajstić information content (AvgIpc) is 2.67. The molecule has 0 aliphatic carbocycles. The summed E-state index contributed by atoms with van der Waals surface area (Å²) in [4.78, 5) is 0. The summed E-state index contributed by atoms with van der Waals surface area (Å²) in [7, 11) is 0. The zero-order valence-electron chi connectivity index (χ0n) is 19.2. The first-order valence-corrected chi connectivity index (χ1v) is 12.4. The van der Waals surface area contributed by atoms with Gasteiger partial charge in [-0.1, -0.05) is 104 Å². The van der Waals surface area contributed by atoms with Crippen molar-refractivity contribution >= 4 is 0 Å². The highest BCUT2D eigenvalue weighted by atomic mass is 14.2. The molecule has 1 aromatic rings. The molecule has 27 heavy (non-hydrogen) atoms. The fourth-order valence-corrected chi connectivity index (χ4v) is 4.28. The first kappa shape index (κ1) is 24.3. The summed E-state index contributed by atoms with van der Waals surface area (Å²) < 4.78 is 0. The molecule has 0 fully saturated rings. The predicted octanol–water partition coefficient (Wildman–Crippen LogP) is 9.01. The van der Waals surface area contributed by atoms with Gasteiger partial charge in [-0.2, -0.15) is 0 Å². The second-order valence-corrected chi connectivity index (χ2v) is 8.57. The van der Waals surface area contributed by atoms with E-state index in [-0.39, 0.29) is 0 Å². The van der Waals surface area contributed by atoms with E-state index in [1.165, 1.54) is 109 Å². The highest BCUT2D eigenvalue weighted by Gasteiger charge is 2.11. The number of hydrogen-bond acceptors (Lipinski definition) is 0. The van der Waals surface area contributed by atoms with Gasteiger partial charge in [-0.25, -0.2) is 0 Å². The normalized spacial score (nSPS) is 11.3. The zero-order chi connectivity index (χ0) is 19.7. The minimum atomic E-state index is 1.25. The van der Waals surface area contributed by atoms with Crippen molar-refractivity contribution in [2.45, 2.75) is 137 Å². The number of rotatable bonds is 17. The molecular weight excluding hydrogens is 324 g/mol. The third-order valence-electron chi connectivity index (χ3n) is 5.91. The second kappa shape index (κ2) is 16.2. The molecule has 0 saturated heterocycles. The highest BCUT2D eigenvalue weighted by molar-refractivity contribution is 5.40. The van der Waals surface area contributed by atoms with E-state index < -0.39 is 0 Å². The van der Waals surface area contributed by atoms with Crippen LogP contribution in [-0.4, -0.2) is 0 Å². The van der Waals surface area contributed by atoms with Gasteiger partial charge in [0.1, 0.15) is 0 Å². The third kappa shape index (κ3) is 10.4. The summed E-state index contributed by atoms with van der Waals surface area (Å²) in [6.07, 6.45) is 23.0. The maximum atomic E-state index is 2.58. The van der Waals surface area contributed by atoms with Gasteiger partial charge in [-0.3, -0.25) is 0 Å². The van der Waals surface area contributed by atoms with Gasteiger partial charge >= 0.3 is 0 Å². The molecule has 0 unspecified atom stereocenters. The van der Waals surface area contributed by atoms with Gasteiger partial charge in [0.15, 0.2) is 0 Å². The van der Waals surface area contributed by atoms with Gasteiger partial charge in [0.25, 0.3) is 0 Å². The molecule has 0 aromatic heterocycles. The van der Waals surface area contributed by atoms with E-state index in [0.717, 1.165) is 0 Å². The maximum absolute atomic E-state index is 2.58. The lowest BCUT2D eigenvalue weighted by molar-refractivity contribution is 0.638. The Morgan fingerprint density at radius 2 is 0.889 bits per heavy atom. The average molecular weight is 373 g/mol. The lowest BCUT2D eigenvalue weighted by Gasteiger charge is -2.18. The Morgan fingerprint density at radius 3 is 1.30 bits per heavy atom. The summed E-state index contributed by atoms with van der Waals surface area (Å²) in [5.74, 6) is 0.